The Morgan fingerprint density at radius 1 is 1.43 bits per heavy atom. The van der Waals surface area contributed by atoms with E-state index in [1.165, 1.54) is 0 Å². The van der Waals surface area contributed by atoms with Gasteiger partial charge in [-0.15, -0.1) is 0 Å². The molecule has 1 aromatic rings. The van der Waals surface area contributed by atoms with Crippen LogP contribution < -0.4 is 9.47 Å². The van der Waals surface area contributed by atoms with Crippen molar-refractivity contribution in [1.29, 1.82) is 0 Å². The van der Waals surface area contributed by atoms with Gasteiger partial charge in [-0.2, -0.15) is 0 Å². The number of hydrogen-bond acceptors (Lipinski definition) is 4. The highest BCUT2D eigenvalue weighted by Gasteiger charge is 2.25. The zero-order valence-corrected chi connectivity index (χ0v) is 12.7. The predicted octanol–water partition coefficient (Wildman–Crippen LogP) is 2.57. The first kappa shape index (κ1) is 14.5. The summed E-state index contributed by atoms with van der Waals surface area (Å²) in [6.45, 7) is 4.99. The molecule has 5 nitrogen and oxygen atoms in total. The standard InChI is InChI=1S/C15H18ClNO4/c1-2-17(7-10-3-4-19-8-10)15(18)11-5-12(16)14-13(6-11)20-9-21-14/h5-6,10H,2-4,7-9H2,1H3. The Kier molecular flexibility index (Phi) is 4.22. The van der Waals surface area contributed by atoms with Gasteiger partial charge in [-0.1, -0.05) is 11.6 Å². The van der Waals surface area contributed by atoms with E-state index < -0.39 is 0 Å². The quantitative estimate of drug-likeness (QED) is 0.857. The molecule has 0 N–H and O–H groups in total. The third-order valence-electron chi connectivity index (χ3n) is 3.85. The van der Waals surface area contributed by atoms with E-state index in [9.17, 15) is 4.79 Å². The van der Waals surface area contributed by atoms with Crippen LogP contribution in [-0.2, 0) is 4.74 Å². The molecule has 1 aromatic carbocycles. The van der Waals surface area contributed by atoms with Crippen LogP contribution in [0.3, 0.4) is 0 Å². The van der Waals surface area contributed by atoms with Crippen LogP contribution in [0.2, 0.25) is 5.02 Å². The molecule has 2 heterocycles. The van der Waals surface area contributed by atoms with E-state index in [4.69, 9.17) is 25.8 Å². The molecule has 3 rings (SSSR count). The van der Waals surface area contributed by atoms with Crippen molar-refractivity contribution >= 4 is 17.5 Å². The minimum absolute atomic E-state index is 0.0374. The predicted molar refractivity (Wildman–Crippen MR) is 78.1 cm³/mol. The molecule has 1 amide bonds. The molecule has 0 saturated carbocycles. The number of nitrogens with zero attached hydrogens (tertiary/aromatic N) is 1. The zero-order valence-electron chi connectivity index (χ0n) is 11.9. The summed E-state index contributed by atoms with van der Waals surface area (Å²) in [5.74, 6) is 1.43. The monoisotopic (exact) mass is 311 g/mol. The van der Waals surface area contributed by atoms with Crippen LogP contribution in [0.5, 0.6) is 11.5 Å². The molecule has 0 spiro atoms. The number of amides is 1. The first-order valence-corrected chi connectivity index (χ1v) is 7.53. The highest BCUT2D eigenvalue weighted by molar-refractivity contribution is 6.32. The van der Waals surface area contributed by atoms with Crippen molar-refractivity contribution in [2.24, 2.45) is 5.92 Å². The lowest BCUT2D eigenvalue weighted by Gasteiger charge is -2.24. The first-order valence-electron chi connectivity index (χ1n) is 7.15. The fraction of sp³-hybridized carbons (Fsp3) is 0.533. The molecule has 2 aliphatic heterocycles. The van der Waals surface area contributed by atoms with Crippen molar-refractivity contribution in [2.75, 3.05) is 33.1 Å². The molecule has 1 unspecified atom stereocenters. The number of hydrogen-bond donors (Lipinski definition) is 0. The van der Waals surface area contributed by atoms with E-state index in [2.05, 4.69) is 0 Å². The van der Waals surface area contributed by atoms with Gasteiger partial charge in [0.2, 0.25) is 6.79 Å². The summed E-state index contributed by atoms with van der Waals surface area (Å²) in [4.78, 5) is 14.5. The smallest absolute Gasteiger partial charge is 0.254 e. The van der Waals surface area contributed by atoms with Crippen molar-refractivity contribution in [3.8, 4) is 11.5 Å². The third kappa shape index (κ3) is 2.94. The Morgan fingerprint density at radius 3 is 3.00 bits per heavy atom. The van der Waals surface area contributed by atoms with Gasteiger partial charge in [0, 0.05) is 31.2 Å². The Labute approximate surface area is 128 Å². The van der Waals surface area contributed by atoms with Gasteiger partial charge in [-0.3, -0.25) is 4.79 Å². The van der Waals surface area contributed by atoms with Crippen LogP contribution in [0.1, 0.15) is 23.7 Å². The fourth-order valence-electron chi connectivity index (χ4n) is 2.67. The van der Waals surface area contributed by atoms with E-state index in [1.807, 2.05) is 11.8 Å². The van der Waals surface area contributed by atoms with Crippen LogP contribution >= 0.6 is 11.6 Å². The van der Waals surface area contributed by atoms with Crippen LogP contribution in [-0.4, -0.2) is 43.9 Å². The second kappa shape index (κ2) is 6.12. The normalized spacial score (nSPS) is 19.8. The van der Waals surface area contributed by atoms with Crippen molar-refractivity contribution in [1.82, 2.24) is 4.90 Å². The zero-order chi connectivity index (χ0) is 14.8. The third-order valence-corrected chi connectivity index (χ3v) is 4.13. The van der Waals surface area contributed by atoms with E-state index in [1.54, 1.807) is 12.1 Å². The van der Waals surface area contributed by atoms with E-state index >= 15 is 0 Å². The van der Waals surface area contributed by atoms with Crippen LogP contribution in [0.25, 0.3) is 0 Å². The summed E-state index contributed by atoms with van der Waals surface area (Å²) in [6, 6.07) is 3.34. The number of halogens is 1. The second-order valence-electron chi connectivity index (χ2n) is 5.27. The number of fused-ring (bicyclic) bond motifs is 1. The maximum atomic E-state index is 12.6. The lowest BCUT2D eigenvalue weighted by atomic mass is 10.1. The summed E-state index contributed by atoms with van der Waals surface area (Å²) in [5.41, 5.74) is 0.532. The van der Waals surface area contributed by atoms with Crippen LogP contribution in [0.15, 0.2) is 12.1 Å². The number of benzene rings is 1. The minimum Gasteiger partial charge on any atom is -0.454 e. The number of rotatable bonds is 4. The van der Waals surface area contributed by atoms with Gasteiger partial charge in [0.15, 0.2) is 11.5 Å². The maximum absolute atomic E-state index is 12.6. The van der Waals surface area contributed by atoms with E-state index in [0.29, 0.717) is 41.1 Å². The molecule has 0 aliphatic carbocycles. The number of carbonyl (C=O) groups excluding carboxylic acids is 1. The molecular weight excluding hydrogens is 294 g/mol. The Morgan fingerprint density at radius 2 is 2.29 bits per heavy atom. The van der Waals surface area contributed by atoms with Crippen molar-refractivity contribution < 1.29 is 19.0 Å². The molecule has 1 fully saturated rings. The second-order valence-corrected chi connectivity index (χ2v) is 5.67. The van der Waals surface area contributed by atoms with E-state index in [-0.39, 0.29) is 12.7 Å². The SMILES string of the molecule is CCN(CC1CCOC1)C(=O)c1cc(Cl)c2c(c1)OCO2. The Hall–Kier alpha value is -1.46. The molecule has 1 saturated heterocycles. The topological polar surface area (TPSA) is 48.0 Å². The molecule has 21 heavy (non-hydrogen) atoms. The van der Waals surface area contributed by atoms with Gasteiger partial charge in [0.05, 0.1) is 11.6 Å². The van der Waals surface area contributed by atoms with Crippen LogP contribution in [0, 0.1) is 5.92 Å². The Balaban J connectivity index is 1.78. The highest BCUT2D eigenvalue weighted by atomic mass is 35.5. The highest BCUT2D eigenvalue weighted by Crippen LogP contribution is 2.40. The maximum Gasteiger partial charge on any atom is 0.254 e. The summed E-state index contributed by atoms with van der Waals surface area (Å²) in [5, 5.41) is 0.411. The van der Waals surface area contributed by atoms with Crippen molar-refractivity contribution in [3.63, 3.8) is 0 Å². The van der Waals surface area contributed by atoms with Gasteiger partial charge in [0.25, 0.3) is 5.91 Å². The molecule has 0 radical (unpaired) electrons. The van der Waals surface area contributed by atoms with E-state index in [0.717, 1.165) is 19.6 Å². The molecule has 6 heteroatoms. The fourth-order valence-corrected chi connectivity index (χ4v) is 2.93. The number of carbonyl (C=O) groups is 1. The van der Waals surface area contributed by atoms with Crippen LogP contribution in [0.4, 0.5) is 0 Å². The summed E-state index contributed by atoms with van der Waals surface area (Å²) in [7, 11) is 0. The minimum atomic E-state index is -0.0374. The molecule has 1 atom stereocenters. The molecule has 114 valence electrons. The van der Waals surface area contributed by atoms with Gasteiger partial charge < -0.3 is 19.1 Å². The van der Waals surface area contributed by atoms with Gasteiger partial charge in [-0.25, -0.2) is 0 Å². The molecule has 0 bridgehead atoms. The summed E-state index contributed by atoms with van der Waals surface area (Å²) >= 11 is 6.14. The van der Waals surface area contributed by atoms with Crippen molar-refractivity contribution in [3.05, 3.63) is 22.7 Å². The number of ether oxygens (including phenoxy) is 3. The molecular formula is C15H18ClNO4. The van der Waals surface area contributed by atoms with Crippen molar-refractivity contribution in [2.45, 2.75) is 13.3 Å². The molecule has 0 aromatic heterocycles. The summed E-state index contributed by atoms with van der Waals surface area (Å²) in [6.07, 6.45) is 1.01. The van der Waals surface area contributed by atoms with Gasteiger partial charge in [0.1, 0.15) is 0 Å². The van der Waals surface area contributed by atoms with Gasteiger partial charge in [-0.05, 0) is 25.5 Å². The first-order chi connectivity index (χ1) is 10.2. The average molecular weight is 312 g/mol. The molecule has 2 aliphatic rings. The average Bonchev–Trinajstić information content (AvgIpc) is 3.15. The van der Waals surface area contributed by atoms with Gasteiger partial charge >= 0.3 is 0 Å². The Bertz CT molecular complexity index is 543. The largest absolute Gasteiger partial charge is 0.454 e. The lowest BCUT2D eigenvalue weighted by Crippen LogP contribution is -2.35. The summed E-state index contributed by atoms with van der Waals surface area (Å²) < 4.78 is 16.0. The lowest BCUT2D eigenvalue weighted by molar-refractivity contribution is 0.0730.